The van der Waals surface area contributed by atoms with Gasteiger partial charge in [0.2, 0.25) is 0 Å². The van der Waals surface area contributed by atoms with Crippen LogP contribution in [0, 0.1) is 6.92 Å². The van der Waals surface area contributed by atoms with Crippen LogP contribution in [0.15, 0.2) is 50.1 Å². The SMILES string of the molecule is COc1ccc(-c2c(C)c3cc(Br)c(O)cc3oc2=O)cc1. The van der Waals surface area contributed by atoms with Gasteiger partial charge in [0.05, 0.1) is 17.1 Å². The highest BCUT2D eigenvalue weighted by Gasteiger charge is 2.15. The maximum absolute atomic E-state index is 12.3. The van der Waals surface area contributed by atoms with Crippen molar-refractivity contribution in [3.8, 4) is 22.6 Å². The summed E-state index contributed by atoms with van der Waals surface area (Å²) in [5.41, 5.74) is 2.00. The molecule has 0 bridgehead atoms. The summed E-state index contributed by atoms with van der Waals surface area (Å²) in [6.45, 7) is 1.86. The van der Waals surface area contributed by atoms with Crippen LogP contribution in [-0.2, 0) is 0 Å². The fourth-order valence-corrected chi connectivity index (χ4v) is 2.79. The van der Waals surface area contributed by atoms with E-state index in [4.69, 9.17) is 9.15 Å². The zero-order valence-corrected chi connectivity index (χ0v) is 13.6. The third-order valence-corrected chi connectivity index (χ3v) is 4.25. The van der Waals surface area contributed by atoms with Gasteiger partial charge in [-0.15, -0.1) is 0 Å². The van der Waals surface area contributed by atoms with Gasteiger partial charge < -0.3 is 14.3 Å². The highest BCUT2D eigenvalue weighted by atomic mass is 79.9. The number of hydrogen-bond acceptors (Lipinski definition) is 4. The van der Waals surface area contributed by atoms with E-state index in [1.807, 2.05) is 19.1 Å². The third-order valence-electron chi connectivity index (χ3n) is 3.61. The molecule has 1 heterocycles. The Kier molecular flexibility index (Phi) is 3.66. The molecule has 0 aliphatic heterocycles. The molecule has 0 amide bonds. The molecule has 3 rings (SSSR count). The summed E-state index contributed by atoms with van der Waals surface area (Å²) in [7, 11) is 1.59. The fraction of sp³-hybridized carbons (Fsp3) is 0.118. The Balaban J connectivity index is 2.29. The Hall–Kier alpha value is -2.27. The van der Waals surface area contributed by atoms with E-state index in [9.17, 15) is 9.90 Å². The first kappa shape index (κ1) is 14.7. The van der Waals surface area contributed by atoms with Crippen molar-refractivity contribution >= 4 is 26.9 Å². The molecule has 0 radical (unpaired) electrons. The van der Waals surface area contributed by atoms with Crippen LogP contribution in [0.25, 0.3) is 22.1 Å². The minimum atomic E-state index is -0.433. The Morgan fingerprint density at radius 1 is 1.18 bits per heavy atom. The van der Waals surface area contributed by atoms with Gasteiger partial charge >= 0.3 is 5.63 Å². The predicted molar refractivity (Wildman–Crippen MR) is 88.6 cm³/mol. The van der Waals surface area contributed by atoms with Crippen LogP contribution >= 0.6 is 15.9 Å². The van der Waals surface area contributed by atoms with Crippen LogP contribution < -0.4 is 10.4 Å². The number of aromatic hydroxyl groups is 1. The summed E-state index contributed by atoms with van der Waals surface area (Å²) in [6, 6.07) is 10.4. The Labute approximate surface area is 135 Å². The van der Waals surface area contributed by atoms with Crippen LogP contribution in [0.2, 0.25) is 0 Å². The quantitative estimate of drug-likeness (QED) is 0.694. The average Bonchev–Trinajstić information content (AvgIpc) is 2.50. The monoisotopic (exact) mass is 360 g/mol. The summed E-state index contributed by atoms with van der Waals surface area (Å²) in [4.78, 5) is 12.3. The van der Waals surface area contributed by atoms with Gasteiger partial charge in [-0.2, -0.15) is 0 Å². The second-order valence-electron chi connectivity index (χ2n) is 4.92. The first-order valence-corrected chi connectivity index (χ1v) is 7.41. The van der Waals surface area contributed by atoms with Crippen molar-refractivity contribution in [2.75, 3.05) is 7.11 Å². The van der Waals surface area contributed by atoms with Crippen LogP contribution in [0.1, 0.15) is 5.56 Å². The smallest absolute Gasteiger partial charge is 0.344 e. The second-order valence-corrected chi connectivity index (χ2v) is 5.77. The zero-order valence-electron chi connectivity index (χ0n) is 12.0. The summed E-state index contributed by atoms with van der Waals surface area (Å²) < 4.78 is 11.0. The predicted octanol–water partition coefficient (Wildman–Crippen LogP) is 4.25. The van der Waals surface area contributed by atoms with E-state index in [0.717, 1.165) is 22.3 Å². The molecule has 4 nitrogen and oxygen atoms in total. The molecule has 112 valence electrons. The van der Waals surface area contributed by atoms with Crippen molar-refractivity contribution in [1.82, 2.24) is 0 Å². The molecule has 0 saturated carbocycles. The third kappa shape index (κ3) is 2.37. The first-order chi connectivity index (χ1) is 10.5. The van der Waals surface area contributed by atoms with E-state index < -0.39 is 5.63 Å². The lowest BCUT2D eigenvalue weighted by atomic mass is 9.99. The molecule has 0 saturated heterocycles. The number of rotatable bonds is 2. The van der Waals surface area contributed by atoms with Gasteiger partial charge in [-0.05, 0) is 52.2 Å². The van der Waals surface area contributed by atoms with Crippen LogP contribution in [0.4, 0.5) is 0 Å². The van der Waals surface area contributed by atoms with Crippen LogP contribution in [-0.4, -0.2) is 12.2 Å². The molecule has 0 fully saturated rings. The standard InChI is InChI=1S/C17H13BrO4/c1-9-12-7-13(18)14(19)8-15(12)22-17(20)16(9)10-3-5-11(21-2)6-4-10/h3-8,19H,1-2H3. The molecule has 0 aliphatic rings. The molecule has 1 aromatic heterocycles. The number of phenols is 1. The van der Waals surface area contributed by atoms with E-state index >= 15 is 0 Å². The highest BCUT2D eigenvalue weighted by Crippen LogP contribution is 2.33. The lowest BCUT2D eigenvalue weighted by Crippen LogP contribution is -2.06. The van der Waals surface area contributed by atoms with Gasteiger partial charge in [0, 0.05) is 11.5 Å². The Morgan fingerprint density at radius 3 is 2.50 bits per heavy atom. The van der Waals surface area contributed by atoms with Crippen molar-refractivity contribution in [3.63, 3.8) is 0 Å². The lowest BCUT2D eigenvalue weighted by molar-refractivity contribution is 0.415. The second kappa shape index (κ2) is 5.50. The van der Waals surface area contributed by atoms with Crippen molar-refractivity contribution < 1.29 is 14.3 Å². The molecule has 1 N–H and O–H groups in total. The fourth-order valence-electron chi connectivity index (χ4n) is 2.45. The summed E-state index contributed by atoms with van der Waals surface area (Å²) >= 11 is 3.28. The molecule has 0 atom stereocenters. The first-order valence-electron chi connectivity index (χ1n) is 6.61. The molecule has 5 heteroatoms. The number of aryl methyl sites for hydroxylation is 1. The number of phenolic OH excluding ortho intramolecular Hbond substituents is 1. The number of fused-ring (bicyclic) bond motifs is 1. The largest absolute Gasteiger partial charge is 0.507 e. The molecule has 2 aromatic carbocycles. The molecule has 0 aliphatic carbocycles. The zero-order chi connectivity index (χ0) is 15.9. The molecular weight excluding hydrogens is 348 g/mol. The van der Waals surface area contributed by atoms with Gasteiger partial charge in [0.25, 0.3) is 0 Å². The number of methoxy groups -OCH3 is 1. The average molecular weight is 361 g/mol. The molecular formula is C17H13BrO4. The van der Waals surface area contributed by atoms with Crippen molar-refractivity contribution in [2.24, 2.45) is 0 Å². The topological polar surface area (TPSA) is 59.7 Å². The summed E-state index contributed by atoms with van der Waals surface area (Å²) in [5.74, 6) is 0.756. The Bertz CT molecular complexity index is 911. The highest BCUT2D eigenvalue weighted by molar-refractivity contribution is 9.10. The van der Waals surface area contributed by atoms with E-state index in [1.165, 1.54) is 6.07 Å². The molecule has 22 heavy (non-hydrogen) atoms. The van der Waals surface area contributed by atoms with E-state index in [-0.39, 0.29) is 5.75 Å². The molecule has 3 aromatic rings. The van der Waals surface area contributed by atoms with Crippen molar-refractivity contribution in [2.45, 2.75) is 6.92 Å². The number of ether oxygens (including phenoxy) is 1. The minimum Gasteiger partial charge on any atom is -0.507 e. The van der Waals surface area contributed by atoms with Gasteiger partial charge in [-0.25, -0.2) is 4.79 Å². The normalized spacial score (nSPS) is 10.9. The molecule has 0 spiro atoms. The van der Waals surface area contributed by atoms with Gasteiger partial charge in [-0.3, -0.25) is 0 Å². The summed E-state index contributed by atoms with van der Waals surface area (Å²) in [6.07, 6.45) is 0. The Morgan fingerprint density at radius 2 is 1.86 bits per heavy atom. The van der Waals surface area contributed by atoms with Gasteiger partial charge in [-0.1, -0.05) is 12.1 Å². The van der Waals surface area contributed by atoms with Crippen LogP contribution in [0.5, 0.6) is 11.5 Å². The van der Waals surface area contributed by atoms with Crippen LogP contribution in [0.3, 0.4) is 0 Å². The molecule has 0 unspecified atom stereocenters. The van der Waals surface area contributed by atoms with Gasteiger partial charge in [0.15, 0.2) is 0 Å². The van der Waals surface area contributed by atoms with E-state index in [0.29, 0.717) is 15.6 Å². The maximum Gasteiger partial charge on any atom is 0.344 e. The number of halogens is 1. The number of benzene rings is 2. The number of hydrogen-bond donors (Lipinski definition) is 1. The van der Waals surface area contributed by atoms with Gasteiger partial charge in [0.1, 0.15) is 17.1 Å². The van der Waals surface area contributed by atoms with Crippen molar-refractivity contribution in [3.05, 3.63) is 56.9 Å². The van der Waals surface area contributed by atoms with Crippen molar-refractivity contribution in [1.29, 1.82) is 0 Å². The lowest BCUT2D eigenvalue weighted by Gasteiger charge is -2.09. The summed E-state index contributed by atoms with van der Waals surface area (Å²) in [5, 5.41) is 10.5. The van der Waals surface area contributed by atoms with E-state index in [2.05, 4.69) is 15.9 Å². The minimum absolute atomic E-state index is 0.0345. The van der Waals surface area contributed by atoms with E-state index in [1.54, 1.807) is 25.3 Å². The maximum atomic E-state index is 12.3.